The molecule has 0 bridgehead atoms. The summed E-state index contributed by atoms with van der Waals surface area (Å²) in [4.78, 5) is 4.69. The van der Waals surface area contributed by atoms with Crippen molar-refractivity contribution in [3.63, 3.8) is 0 Å². The van der Waals surface area contributed by atoms with Crippen LogP contribution in [-0.2, 0) is 11.3 Å². The van der Waals surface area contributed by atoms with Gasteiger partial charge in [-0.2, -0.15) is 0 Å². The molecule has 1 aromatic heterocycles. The molecule has 0 amide bonds. The second kappa shape index (κ2) is 9.27. The fourth-order valence-electron chi connectivity index (χ4n) is 3.78. The van der Waals surface area contributed by atoms with Gasteiger partial charge in [0.2, 0.25) is 0 Å². The highest BCUT2D eigenvalue weighted by Crippen LogP contribution is 2.25. The van der Waals surface area contributed by atoms with Gasteiger partial charge < -0.3 is 34.6 Å². The lowest BCUT2D eigenvalue weighted by molar-refractivity contribution is -0.171. The number of ether oxygens (including phenoxy) is 2. The van der Waals surface area contributed by atoms with Crippen molar-refractivity contribution < 1.29 is 24.8 Å². The lowest BCUT2D eigenvalue weighted by Gasteiger charge is -2.36. The van der Waals surface area contributed by atoms with Crippen LogP contribution in [-0.4, -0.2) is 100.0 Å². The number of hydrogen-bond acceptors (Lipinski definition) is 9. The van der Waals surface area contributed by atoms with Gasteiger partial charge in [-0.1, -0.05) is 5.21 Å². The van der Waals surface area contributed by atoms with Crippen LogP contribution in [0.25, 0.3) is 0 Å². The third-order valence-electron chi connectivity index (χ3n) is 5.78. The van der Waals surface area contributed by atoms with Crippen molar-refractivity contribution in [2.45, 2.75) is 31.0 Å². The molecule has 2 aromatic rings. The summed E-state index contributed by atoms with van der Waals surface area (Å²) in [5, 5.41) is 37.6. The summed E-state index contributed by atoms with van der Waals surface area (Å²) >= 11 is 0. The van der Waals surface area contributed by atoms with Crippen LogP contribution in [0.15, 0.2) is 30.5 Å². The average molecular weight is 419 g/mol. The molecule has 30 heavy (non-hydrogen) atoms. The molecule has 10 heteroatoms. The Kier molecular flexibility index (Phi) is 6.49. The van der Waals surface area contributed by atoms with Gasteiger partial charge in [-0.25, -0.2) is 4.68 Å². The smallest absolute Gasteiger partial charge is 0.134 e. The Labute approximate surface area is 175 Å². The van der Waals surface area contributed by atoms with Gasteiger partial charge in [-0.15, -0.1) is 5.10 Å². The molecule has 2 fully saturated rings. The summed E-state index contributed by atoms with van der Waals surface area (Å²) in [6, 6.07) is 7.44. The van der Waals surface area contributed by atoms with Crippen LogP contribution in [0.5, 0.6) is 5.75 Å². The average Bonchev–Trinajstić information content (AvgIpc) is 3.24. The maximum atomic E-state index is 10.3. The second-order valence-corrected chi connectivity index (χ2v) is 7.87. The first-order chi connectivity index (χ1) is 14.5. The standard InChI is InChI=1S/C20H29N5O5/c1-23-6-8-24(9-7-23)15-2-4-16(5-3-15)29-12-14-10-25(22-21-14)17-13-30-18(11-26)20(28)19(17)27/h2-5,10,17-20,26-28H,6-9,11-13H2,1H3/t17-,18+,19+,20-/m0/s1. The van der Waals surface area contributed by atoms with Crippen molar-refractivity contribution >= 4 is 5.69 Å². The number of piperazine rings is 1. The number of likely N-dealkylation sites (N-methyl/N-ethyl adjacent to an activating group) is 1. The van der Waals surface area contributed by atoms with E-state index in [2.05, 4.69) is 39.3 Å². The normalized spacial score (nSPS) is 27.9. The van der Waals surface area contributed by atoms with Crippen molar-refractivity contribution in [2.24, 2.45) is 0 Å². The molecule has 2 aliphatic rings. The van der Waals surface area contributed by atoms with Gasteiger partial charge >= 0.3 is 0 Å². The SMILES string of the molecule is CN1CCN(c2ccc(OCc3cn([C@H]4CO[C@H](CO)[C@H](O)[C@@H]4O)nn3)cc2)CC1. The van der Waals surface area contributed by atoms with Crippen LogP contribution in [0.1, 0.15) is 11.7 Å². The molecular formula is C20H29N5O5. The van der Waals surface area contributed by atoms with Crippen LogP contribution in [0.3, 0.4) is 0 Å². The molecule has 2 aliphatic heterocycles. The molecule has 4 rings (SSSR count). The van der Waals surface area contributed by atoms with Gasteiger partial charge in [0.25, 0.3) is 0 Å². The number of aromatic nitrogens is 3. The Hall–Kier alpha value is -2.24. The number of benzene rings is 1. The molecule has 10 nitrogen and oxygen atoms in total. The lowest BCUT2D eigenvalue weighted by atomic mass is 9.98. The summed E-state index contributed by atoms with van der Waals surface area (Å²) in [5.74, 6) is 0.740. The van der Waals surface area contributed by atoms with E-state index in [9.17, 15) is 10.2 Å². The molecule has 0 saturated carbocycles. The third-order valence-corrected chi connectivity index (χ3v) is 5.78. The molecule has 3 N–H and O–H groups in total. The second-order valence-electron chi connectivity index (χ2n) is 7.87. The summed E-state index contributed by atoms with van der Waals surface area (Å²) in [6.07, 6.45) is -1.41. The number of aliphatic hydroxyl groups excluding tert-OH is 3. The zero-order valence-corrected chi connectivity index (χ0v) is 17.0. The van der Waals surface area contributed by atoms with Crippen molar-refractivity contribution in [1.29, 1.82) is 0 Å². The van der Waals surface area contributed by atoms with E-state index in [-0.39, 0.29) is 19.8 Å². The lowest BCUT2D eigenvalue weighted by Crippen LogP contribution is -2.52. The Balaban J connectivity index is 1.31. The van der Waals surface area contributed by atoms with Crippen molar-refractivity contribution in [2.75, 3.05) is 51.3 Å². The molecule has 164 valence electrons. The van der Waals surface area contributed by atoms with E-state index in [1.165, 1.54) is 10.4 Å². The van der Waals surface area contributed by atoms with Crippen LogP contribution in [0.4, 0.5) is 5.69 Å². The number of aliphatic hydroxyl groups is 3. The third kappa shape index (κ3) is 4.57. The van der Waals surface area contributed by atoms with Crippen LogP contribution in [0.2, 0.25) is 0 Å². The number of rotatable bonds is 6. The van der Waals surface area contributed by atoms with Gasteiger partial charge in [0.05, 0.1) is 19.4 Å². The highest BCUT2D eigenvalue weighted by Gasteiger charge is 2.39. The molecule has 0 aliphatic carbocycles. The van der Waals surface area contributed by atoms with Crippen LogP contribution in [0, 0.1) is 0 Å². The summed E-state index contributed by atoms with van der Waals surface area (Å²) in [7, 11) is 2.14. The zero-order chi connectivity index (χ0) is 21.1. The Bertz CT molecular complexity index is 808. The van der Waals surface area contributed by atoms with E-state index < -0.39 is 24.4 Å². The minimum atomic E-state index is -1.18. The Morgan fingerprint density at radius 1 is 1.10 bits per heavy atom. The van der Waals surface area contributed by atoms with Gasteiger partial charge in [0.1, 0.15) is 42.4 Å². The van der Waals surface area contributed by atoms with Crippen molar-refractivity contribution in [3.05, 3.63) is 36.2 Å². The predicted molar refractivity (Wildman–Crippen MR) is 108 cm³/mol. The summed E-state index contributed by atoms with van der Waals surface area (Å²) in [6.45, 7) is 4.17. The molecule has 0 radical (unpaired) electrons. The monoisotopic (exact) mass is 419 g/mol. The van der Waals surface area contributed by atoms with Gasteiger partial charge in [-0.3, -0.25) is 0 Å². The van der Waals surface area contributed by atoms with E-state index in [4.69, 9.17) is 14.6 Å². The maximum absolute atomic E-state index is 10.3. The molecular weight excluding hydrogens is 390 g/mol. The molecule has 0 unspecified atom stereocenters. The zero-order valence-electron chi connectivity index (χ0n) is 17.0. The molecule has 3 heterocycles. The highest BCUT2D eigenvalue weighted by molar-refractivity contribution is 5.49. The quantitative estimate of drug-likeness (QED) is 0.557. The fourth-order valence-corrected chi connectivity index (χ4v) is 3.78. The van der Waals surface area contributed by atoms with Crippen molar-refractivity contribution in [3.8, 4) is 5.75 Å². The summed E-state index contributed by atoms with van der Waals surface area (Å²) < 4.78 is 12.7. The number of nitrogens with zero attached hydrogens (tertiary/aromatic N) is 5. The van der Waals surface area contributed by atoms with Crippen molar-refractivity contribution in [1.82, 2.24) is 19.9 Å². The molecule has 0 spiro atoms. The number of anilines is 1. The van der Waals surface area contributed by atoms with Gasteiger partial charge in [0.15, 0.2) is 0 Å². The minimum absolute atomic E-state index is 0.126. The topological polar surface area (TPSA) is 116 Å². The molecule has 1 aromatic carbocycles. The molecule has 4 atom stereocenters. The van der Waals surface area contributed by atoms with Crippen LogP contribution >= 0.6 is 0 Å². The van der Waals surface area contributed by atoms with Gasteiger partial charge in [-0.05, 0) is 31.3 Å². The first kappa shape index (κ1) is 21.0. The van der Waals surface area contributed by atoms with E-state index in [1.807, 2.05) is 12.1 Å². The number of hydrogen-bond donors (Lipinski definition) is 3. The van der Waals surface area contributed by atoms with E-state index in [0.717, 1.165) is 31.9 Å². The minimum Gasteiger partial charge on any atom is -0.487 e. The largest absolute Gasteiger partial charge is 0.487 e. The maximum Gasteiger partial charge on any atom is 0.134 e. The first-order valence-corrected chi connectivity index (χ1v) is 10.2. The summed E-state index contributed by atoms with van der Waals surface area (Å²) in [5.41, 5.74) is 1.79. The first-order valence-electron chi connectivity index (χ1n) is 10.2. The Morgan fingerprint density at radius 3 is 2.53 bits per heavy atom. The molecule has 2 saturated heterocycles. The van der Waals surface area contributed by atoms with E-state index in [0.29, 0.717) is 5.69 Å². The van der Waals surface area contributed by atoms with E-state index >= 15 is 0 Å². The highest BCUT2D eigenvalue weighted by atomic mass is 16.5. The fraction of sp³-hybridized carbons (Fsp3) is 0.600. The predicted octanol–water partition coefficient (Wildman–Crippen LogP) is -0.737. The Morgan fingerprint density at radius 2 is 1.83 bits per heavy atom. The van der Waals surface area contributed by atoms with Gasteiger partial charge in [0, 0.05) is 31.9 Å². The van der Waals surface area contributed by atoms with Crippen LogP contribution < -0.4 is 9.64 Å². The van der Waals surface area contributed by atoms with E-state index in [1.54, 1.807) is 6.20 Å².